The van der Waals surface area contributed by atoms with E-state index in [0.29, 0.717) is 11.2 Å². The number of phenols is 1. The largest absolute Gasteiger partial charge is 0.505 e. The lowest BCUT2D eigenvalue weighted by atomic mass is 10.1. The lowest BCUT2D eigenvalue weighted by molar-refractivity contribution is 0.102. The Morgan fingerprint density at radius 1 is 1.14 bits per heavy atom. The quantitative estimate of drug-likeness (QED) is 0.619. The molecule has 2 aromatic carbocycles. The summed E-state index contributed by atoms with van der Waals surface area (Å²) < 4.78 is 1.02. The third-order valence-corrected chi connectivity index (χ3v) is 3.75. The average molecular weight is 406 g/mol. The first-order chi connectivity index (χ1) is 10.1. The Labute approximate surface area is 142 Å². The fourth-order valence-corrected chi connectivity index (χ4v) is 2.62. The molecule has 0 radical (unpaired) electrons. The summed E-state index contributed by atoms with van der Waals surface area (Å²) in [7, 11) is 0. The number of halogens is 1. The number of hydrogen-bond acceptors (Lipinski definition) is 3. The number of anilines is 1. The van der Waals surface area contributed by atoms with E-state index in [2.05, 4.69) is 32.9 Å². The summed E-state index contributed by atoms with van der Waals surface area (Å²) in [5, 5.41) is 13.8. The molecule has 1 amide bonds. The minimum atomic E-state index is -0.359. The number of carbonyl (C=O) groups is 1. The number of rotatable bonds is 2. The van der Waals surface area contributed by atoms with Crippen molar-refractivity contribution in [2.24, 2.45) is 0 Å². The number of nitrogens with zero attached hydrogens (tertiary/aromatic N) is 1. The van der Waals surface area contributed by atoms with E-state index in [0.717, 1.165) is 8.96 Å². The van der Waals surface area contributed by atoms with Crippen LogP contribution in [0.25, 0.3) is 10.9 Å². The van der Waals surface area contributed by atoms with Gasteiger partial charge in [-0.05, 0) is 52.9 Å². The predicted octanol–water partition coefficient (Wildman–Crippen LogP) is 4.43. The number of fused-ring (bicyclic) bond motifs is 1. The summed E-state index contributed by atoms with van der Waals surface area (Å²) in [5.41, 5.74) is 1.32. The third kappa shape index (κ3) is 3.19. The van der Waals surface area contributed by atoms with Gasteiger partial charge in [0.1, 0.15) is 5.52 Å². The fraction of sp³-hybridized carbons (Fsp3) is 0.0588. The van der Waals surface area contributed by atoms with Crippen LogP contribution in [0.15, 0.2) is 54.7 Å². The van der Waals surface area contributed by atoms with Gasteiger partial charge in [-0.15, -0.1) is 0 Å². The molecule has 0 aliphatic heterocycles. The highest BCUT2D eigenvalue weighted by molar-refractivity contribution is 14.1. The van der Waals surface area contributed by atoms with Crippen LogP contribution in [0.5, 0.6) is 5.75 Å². The maximum absolute atomic E-state index is 12.3. The second kappa shape index (κ2) is 6.74. The summed E-state index contributed by atoms with van der Waals surface area (Å²) >= 11 is 2.17. The molecule has 0 aliphatic rings. The average Bonchev–Trinajstić information content (AvgIpc) is 2.48. The summed E-state index contributed by atoms with van der Waals surface area (Å²) in [6.07, 6.45) is 1.59. The molecule has 22 heavy (non-hydrogen) atoms. The van der Waals surface area contributed by atoms with Gasteiger partial charge in [0, 0.05) is 20.8 Å². The molecule has 0 aliphatic carbocycles. The predicted molar refractivity (Wildman–Crippen MR) is 97.3 cm³/mol. The molecule has 0 saturated heterocycles. The Hall–Kier alpha value is -2.15. The van der Waals surface area contributed by atoms with E-state index >= 15 is 0 Å². The number of hydrogen-bond donors (Lipinski definition) is 2. The van der Waals surface area contributed by atoms with E-state index in [4.69, 9.17) is 0 Å². The Morgan fingerprint density at radius 3 is 2.73 bits per heavy atom. The van der Waals surface area contributed by atoms with Crippen molar-refractivity contribution in [3.8, 4) is 5.75 Å². The van der Waals surface area contributed by atoms with Crippen LogP contribution in [0.2, 0.25) is 0 Å². The first kappa shape index (κ1) is 16.2. The number of aromatic hydroxyl groups is 1. The molecule has 4 nitrogen and oxygen atoms in total. The monoisotopic (exact) mass is 406 g/mol. The molecule has 1 heterocycles. The molecular weight excluding hydrogens is 391 g/mol. The zero-order valence-electron chi connectivity index (χ0n) is 10.9. The molecule has 0 unspecified atom stereocenters. The van der Waals surface area contributed by atoms with Gasteiger partial charge < -0.3 is 10.4 Å². The molecule has 3 rings (SSSR count). The van der Waals surface area contributed by atoms with Crippen LogP contribution >= 0.6 is 22.6 Å². The molecule has 1 aromatic heterocycles. The smallest absolute Gasteiger partial charge is 0.259 e. The Balaban J connectivity index is 0.00000176. The third-order valence-electron chi connectivity index (χ3n) is 3.08. The van der Waals surface area contributed by atoms with Crippen molar-refractivity contribution in [3.05, 3.63) is 63.9 Å². The molecule has 5 heteroatoms. The van der Waals surface area contributed by atoms with Crippen LogP contribution < -0.4 is 5.32 Å². The van der Waals surface area contributed by atoms with Crippen LogP contribution in [-0.2, 0) is 0 Å². The van der Waals surface area contributed by atoms with Crippen molar-refractivity contribution in [2.45, 2.75) is 7.43 Å². The summed E-state index contributed by atoms with van der Waals surface area (Å²) in [6, 6.07) is 14.4. The van der Waals surface area contributed by atoms with Gasteiger partial charge in [-0.3, -0.25) is 9.78 Å². The standard InChI is InChI=1S/C16H11IN2O2.CH4/c17-11-4-1-5-12(9-11)19-16(21)13-7-6-10-3-2-8-18-14(10)15(13)20;/h1-9,20H,(H,19,21);1H4. The van der Waals surface area contributed by atoms with E-state index in [9.17, 15) is 9.90 Å². The highest BCUT2D eigenvalue weighted by Gasteiger charge is 2.14. The van der Waals surface area contributed by atoms with Gasteiger partial charge in [-0.25, -0.2) is 0 Å². The van der Waals surface area contributed by atoms with Gasteiger partial charge in [0.25, 0.3) is 5.91 Å². The van der Waals surface area contributed by atoms with Gasteiger partial charge in [-0.2, -0.15) is 0 Å². The van der Waals surface area contributed by atoms with E-state index < -0.39 is 0 Å². The molecule has 3 aromatic rings. The molecule has 2 N–H and O–H groups in total. The van der Waals surface area contributed by atoms with Crippen LogP contribution in [-0.4, -0.2) is 16.0 Å². The topological polar surface area (TPSA) is 62.2 Å². The minimum Gasteiger partial charge on any atom is -0.505 e. The van der Waals surface area contributed by atoms with Gasteiger partial charge in [-0.1, -0.05) is 25.6 Å². The number of pyridine rings is 1. The number of phenolic OH excluding ortho intramolecular Hbond substituents is 1. The van der Waals surface area contributed by atoms with Crippen LogP contribution in [0.4, 0.5) is 5.69 Å². The zero-order valence-corrected chi connectivity index (χ0v) is 13.0. The number of carbonyl (C=O) groups excluding carboxylic acids is 1. The Bertz CT molecular complexity index is 834. The zero-order chi connectivity index (χ0) is 14.8. The molecule has 0 spiro atoms. The SMILES string of the molecule is C.O=C(Nc1cccc(I)c1)c1ccc2cccnc2c1O. The summed E-state index contributed by atoms with van der Waals surface area (Å²) in [5.74, 6) is -0.460. The minimum absolute atomic E-state index is 0. The molecule has 0 atom stereocenters. The second-order valence-corrected chi connectivity index (χ2v) is 5.75. The van der Waals surface area contributed by atoms with E-state index in [-0.39, 0.29) is 24.6 Å². The van der Waals surface area contributed by atoms with Gasteiger partial charge in [0.05, 0.1) is 5.56 Å². The number of benzene rings is 2. The maximum Gasteiger partial charge on any atom is 0.259 e. The van der Waals surface area contributed by atoms with Crippen molar-refractivity contribution in [1.29, 1.82) is 0 Å². The van der Waals surface area contributed by atoms with Gasteiger partial charge in [0.2, 0.25) is 0 Å². The molecule has 0 fully saturated rings. The highest BCUT2D eigenvalue weighted by Crippen LogP contribution is 2.27. The van der Waals surface area contributed by atoms with Gasteiger partial charge in [0.15, 0.2) is 5.75 Å². The number of amides is 1. The highest BCUT2D eigenvalue weighted by atomic mass is 127. The fourth-order valence-electron chi connectivity index (χ4n) is 2.08. The van der Waals surface area contributed by atoms with Crippen molar-refractivity contribution in [1.82, 2.24) is 4.98 Å². The molecule has 112 valence electrons. The molecular formula is C17H15IN2O2. The van der Waals surface area contributed by atoms with Crippen LogP contribution in [0.1, 0.15) is 17.8 Å². The second-order valence-electron chi connectivity index (χ2n) is 4.50. The molecule has 0 bridgehead atoms. The summed E-state index contributed by atoms with van der Waals surface area (Å²) in [4.78, 5) is 16.4. The maximum atomic E-state index is 12.3. The van der Waals surface area contributed by atoms with Crippen molar-refractivity contribution >= 4 is 45.1 Å². The van der Waals surface area contributed by atoms with Gasteiger partial charge >= 0.3 is 0 Å². The van der Waals surface area contributed by atoms with Crippen molar-refractivity contribution in [2.75, 3.05) is 5.32 Å². The van der Waals surface area contributed by atoms with Crippen LogP contribution in [0.3, 0.4) is 0 Å². The summed E-state index contributed by atoms with van der Waals surface area (Å²) in [6.45, 7) is 0. The Morgan fingerprint density at radius 2 is 1.95 bits per heavy atom. The first-order valence-corrected chi connectivity index (χ1v) is 7.36. The van der Waals surface area contributed by atoms with Crippen molar-refractivity contribution in [3.63, 3.8) is 0 Å². The van der Waals surface area contributed by atoms with E-state index in [1.54, 1.807) is 30.5 Å². The normalized spacial score (nSPS) is 10.0. The lowest BCUT2D eigenvalue weighted by Crippen LogP contribution is -2.12. The molecule has 0 saturated carbocycles. The van der Waals surface area contributed by atoms with E-state index in [1.165, 1.54) is 0 Å². The Kier molecular flexibility index (Phi) is 4.97. The lowest BCUT2D eigenvalue weighted by Gasteiger charge is -2.08. The first-order valence-electron chi connectivity index (χ1n) is 6.29. The van der Waals surface area contributed by atoms with Crippen LogP contribution in [0, 0.1) is 3.57 Å². The van der Waals surface area contributed by atoms with Crippen molar-refractivity contribution < 1.29 is 9.90 Å². The van der Waals surface area contributed by atoms with E-state index in [1.807, 2.05) is 24.3 Å². The number of aromatic nitrogens is 1. The number of nitrogens with one attached hydrogen (secondary N) is 1.